The van der Waals surface area contributed by atoms with Crippen molar-refractivity contribution in [3.63, 3.8) is 0 Å². The Labute approximate surface area is 92.5 Å². The molecule has 2 aromatic rings. The maximum absolute atomic E-state index is 8.66. The predicted octanol–water partition coefficient (Wildman–Crippen LogP) is 3.61. The highest BCUT2D eigenvalue weighted by molar-refractivity contribution is 7.99. The van der Waals surface area contributed by atoms with Crippen LogP contribution in [0.25, 0.3) is 0 Å². The molecule has 3 heteroatoms. The Morgan fingerprint density at radius 1 is 1.20 bits per heavy atom. The Bertz CT molecular complexity index is 493. The van der Waals surface area contributed by atoms with Gasteiger partial charge in [0.1, 0.15) is 5.76 Å². The highest BCUT2D eigenvalue weighted by Crippen LogP contribution is 2.30. The fourth-order valence-electron chi connectivity index (χ4n) is 1.20. The minimum atomic E-state index is 0.684. The van der Waals surface area contributed by atoms with Crippen LogP contribution in [0.3, 0.4) is 0 Å². The summed E-state index contributed by atoms with van der Waals surface area (Å²) in [6, 6.07) is 11.6. The number of nitrogens with zero attached hydrogens (tertiary/aromatic N) is 1. The Morgan fingerprint density at radius 3 is 2.47 bits per heavy atom. The van der Waals surface area contributed by atoms with Crippen LogP contribution in [0.5, 0.6) is 0 Å². The van der Waals surface area contributed by atoms with Gasteiger partial charge in [0.2, 0.25) is 0 Å². The highest BCUT2D eigenvalue weighted by Gasteiger charge is 2.03. The number of hydrogen-bond donors (Lipinski definition) is 0. The van der Waals surface area contributed by atoms with Gasteiger partial charge in [0.25, 0.3) is 0 Å². The van der Waals surface area contributed by atoms with E-state index in [2.05, 4.69) is 6.07 Å². The zero-order valence-corrected chi connectivity index (χ0v) is 9.04. The van der Waals surface area contributed by atoms with Gasteiger partial charge in [0, 0.05) is 4.90 Å². The van der Waals surface area contributed by atoms with Crippen LogP contribution in [0, 0.1) is 18.3 Å². The van der Waals surface area contributed by atoms with Crippen molar-refractivity contribution in [2.24, 2.45) is 0 Å². The highest BCUT2D eigenvalue weighted by atomic mass is 32.2. The van der Waals surface area contributed by atoms with Gasteiger partial charge in [0.15, 0.2) is 0 Å². The zero-order valence-electron chi connectivity index (χ0n) is 8.23. The van der Waals surface area contributed by atoms with Crippen LogP contribution in [0.15, 0.2) is 50.8 Å². The van der Waals surface area contributed by atoms with Crippen molar-refractivity contribution in [2.75, 3.05) is 0 Å². The average molecular weight is 215 g/mol. The molecule has 74 valence electrons. The maximum Gasteiger partial charge on any atom is 0.114 e. The summed E-state index contributed by atoms with van der Waals surface area (Å²) in [5.74, 6) is 0.921. The summed E-state index contributed by atoms with van der Waals surface area (Å²) < 4.78 is 5.21. The molecule has 0 saturated carbocycles. The lowest BCUT2D eigenvalue weighted by Crippen LogP contribution is -1.75. The van der Waals surface area contributed by atoms with Gasteiger partial charge >= 0.3 is 0 Å². The van der Waals surface area contributed by atoms with E-state index in [0.29, 0.717) is 5.56 Å². The van der Waals surface area contributed by atoms with Crippen molar-refractivity contribution in [3.05, 3.63) is 47.9 Å². The minimum absolute atomic E-state index is 0.684. The third kappa shape index (κ3) is 2.23. The normalized spacial score (nSPS) is 9.87. The van der Waals surface area contributed by atoms with Gasteiger partial charge in [-0.2, -0.15) is 5.26 Å². The molecule has 2 rings (SSSR count). The largest absolute Gasteiger partial charge is 0.468 e. The van der Waals surface area contributed by atoms with Gasteiger partial charge in [-0.1, -0.05) is 11.8 Å². The monoisotopic (exact) mass is 215 g/mol. The standard InChI is InChI=1S/C12H9NOS/c1-9-12(6-7-14-9)15-11-4-2-10(8-13)3-5-11/h2-7H,1H3. The number of rotatable bonds is 2. The smallest absolute Gasteiger partial charge is 0.114 e. The molecule has 1 aromatic heterocycles. The van der Waals surface area contributed by atoms with Crippen LogP contribution in [-0.4, -0.2) is 0 Å². The first-order chi connectivity index (χ1) is 7.29. The number of hydrogen-bond acceptors (Lipinski definition) is 3. The summed E-state index contributed by atoms with van der Waals surface area (Å²) >= 11 is 1.64. The number of benzene rings is 1. The fraction of sp³-hybridized carbons (Fsp3) is 0.0833. The quantitative estimate of drug-likeness (QED) is 0.767. The first-order valence-electron chi connectivity index (χ1n) is 4.52. The van der Waals surface area contributed by atoms with Crippen LogP contribution in [-0.2, 0) is 0 Å². The van der Waals surface area contributed by atoms with Gasteiger partial charge < -0.3 is 4.42 Å². The van der Waals surface area contributed by atoms with Crippen LogP contribution in [0.4, 0.5) is 0 Å². The lowest BCUT2D eigenvalue weighted by atomic mass is 10.2. The molecule has 1 aromatic carbocycles. The van der Waals surface area contributed by atoms with E-state index in [1.807, 2.05) is 37.3 Å². The Morgan fingerprint density at radius 2 is 1.93 bits per heavy atom. The second kappa shape index (κ2) is 4.24. The van der Waals surface area contributed by atoms with Crippen molar-refractivity contribution < 1.29 is 4.42 Å². The Hall–Kier alpha value is -1.66. The van der Waals surface area contributed by atoms with Crippen molar-refractivity contribution in [3.8, 4) is 6.07 Å². The lowest BCUT2D eigenvalue weighted by Gasteiger charge is -1.99. The van der Waals surface area contributed by atoms with Gasteiger partial charge in [-0.05, 0) is 37.3 Å². The topological polar surface area (TPSA) is 36.9 Å². The van der Waals surface area contributed by atoms with E-state index in [-0.39, 0.29) is 0 Å². The molecule has 15 heavy (non-hydrogen) atoms. The van der Waals surface area contributed by atoms with Crippen LogP contribution in [0.1, 0.15) is 11.3 Å². The third-order valence-electron chi connectivity index (χ3n) is 2.02. The molecule has 0 spiro atoms. The summed E-state index contributed by atoms with van der Waals surface area (Å²) in [5.41, 5.74) is 0.684. The van der Waals surface area contributed by atoms with Crippen LogP contribution in [0.2, 0.25) is 0 Å². The SMILES string of the molecule is Cc1occc1Sc1ccc(C#N)cc1. The molecule has 0 saturated heterocycles. The fourth-order valence-corrected chi connectivity index (χ4v) is 2.05. The summed E-state index contributed by atoms with van der Waals surface area (Å²) in [6.45, 7) is 1.94. The van der Waals surface area contributed by atoms with E-state index in [1.54, 1.807) is 18.0 Å². The molecule has 0 aliphatic carbocycles. The van der Waals surface area contributed by atoms with Crippen molar-refractivity contribution in [2.45, 2.75) is 16.7 Å². The van der Waals surface area contributed by atoms with E-state index in [4.69, 9.17) is 9.68 Å². The molecular weight excluding hydrogens is 206 g/mol. The average Bonchev–Trinajstić information content (AvgIpc) is 2.66. The molecule has 1 heterocycles. The molecular formula is C12H9NOS. The summed E-state index contributed by atoms with van der Waals surface area (Å²) in [5, 5.41) is 8.66. The number of aryl methyl sites for hydroxylation is 1. The van der Waals surface area contributed by atoms with Crippen molar-refractivity contribution >= 4 is 11.8 Å². The molecule has 0 N–H and O–H groups in total. The van der Waals surface area contributed by atoms with Gasteiger partial charge in [-0.25, -0.2) is 0 Å². The maximum atomic E-state index is 8.66. The van der Waals surface area contributed by atoms with E-state index in [0.717, 1.165) is 15.6 Å². The van der Waals surface area contributed by atoms with Gasteiger partial charge in [-0.3, -0.25) is 0 Å². The second-order valence-electron chi connectivity index (χ2n) is 3.08. The van der Waals surface area contributed by atoms with Crippen LogP contribution >= 0.6 is 11.8 Å². The molecule has 0 aliphatic heterocycles. The molecule has 0 radical (unpaired) electrons. The molecule has 0 unspecified atom stereocenters. The molecule has 0 atom stereocenters. The zero-order chi connectivity index (χ0) is 10.7. The third-order valence-corrected chi connectivity index (χ3v) is 3.17. The Balaban J connectivity index is 2.19. The number of furan rings is 1. The first-order valence-corrected chi connectivity index (χ1v) is 5.33. The molecule has 0 aliphatic rings. The van der Waals surface area contributed by atoms with E-state index >= 15 is 0 Å². The molecule has 0 fully saturated rings. The first kappa shape index (κ1) is 9.88. The summed E-state index contributed by atoms with van der Waals surface area (Å²) in [7, 11) is 0. The molecule has 2 nitrogen and oxygen atoms in total. The summed E-state index contributed by atoms with van der Waals surface area (Å²) in [6.07, 6.45) is 1.68. The lowest BCUT2D eigenvalue weighted by molar-refractivity contribution is 0.527. The molecule has 0 bridgehead atoms. The van der Waals surface area contributed by atoms with Crippen LogP contribution < -0.4 is 0 Å². The number of nitriles is 1. The van der Waals surface area contributed by atoms with Gasteiger partial charge in [-0.15, -0.1) is 0 Å². The van der Waals surface area contributed by atoms with Crippen molar-refractivity contribution in [1.82, 2.24) is 0 Å². The molecule has 0 amide bonds. The predicted molar refractivity (Wildman–Crippen MR) is 58.7 cm³/mol. The van der Waals surface area contributed by atoms with Crippen molar-refractivity contribution in [1.29, 1.82) is 5.26 Å². The van der Waals surface area contributed by atoms with E-state index in [1.165, 1.54) is 0 Å². The van der Waals surface area contributed by atoms with E-state index in [9.17, 15) is 0 Å². The Kier molecular flexibility index (Phi) is 2.79. The van der Waals surface area contributed by atoms with E-state index < -0.39 is 0 Å². The van der Waals surface area contributed by atoms with Gasteiger partial charge in [0.05, 0.1) is 22.8 Å². The minimum Gasteiger partial charge on any atom is -0.468 e. The summed E-state index contributed by atoms with van der Waals surface area (Å²) in [4.78, 5) is 2.22. The second-order valence-corrected chi connectivity index (χ2v) is 4.19.